The van der Waals surface area contributed by atoms with E-state index in [9.17, 15) is 4.79 Å². The number of carbonyl (C=O) groups is 1. The number of thioether (sulfide) groups is 1. The summed E-state index contributed by atoms with van der Waals surface area (Å²) in [6.45, 7) is 6.51. The topological polar surface area (TPSA) is 26.8 Å². The number of benzene rings is 2. The summed E-state index contributed by atoms with van der Waals surface area (Å²) in [5.41, 5.74) is 2.48. The first kappa shape index (κ1) is 19.5. The van der Waals surface area contributed by atoms with Gasteiger partial charge in [-0.2, -0.15) is 0 Å². The summed E-state index contributed by atoms with van der Waals surface area (Å²) >= 11 is 3.54. The Morgan fingerprint density at radius 3 is 2.43 bits per heavy atom. The lowest BCUT2D eigenvalue weighted by molar-refractivity contribution is 0.0751. The number of fused-ring (bicyclic) bond motifs is 1. The van der Waals surface area contributed by atoms with Crippen LogP contribution < -0.4 is 9.80 Å². The van der Waals surface area contributed by atoms with Gasteiger partial charge >= 0.3 is 0 Å². The van der Waals surface area contributed by atoms with Crippen LogP contribution in [0, 0.1) is 0 Å². The average Bonchev–Trinajstić information content (AvgIpc) is 3.29. The largest absolute Gasteiger partial charge is 0.368 e. The van der Waals surface area contributed by atoms with Gasteiger partial charge in [0.2, 0.25) is 0 Å². The van der Waals surface area contributed by atoms with Crippen LogP contribution in [0.2, 0.25) is 0 Å². The summed E-state index contributed by atoms with van der Waals surface area (Å²) in [4.78, 5) is 22.0. The number of carbonyl (C=O) groups excluding carboxylic acids is 1. The fourth-order valence-electron chi connectivity index (χ4n) is 4.15. The third-order valence-electron chi connectivity index (χ3n) is 5.68. The molecule has 1 atom stereocenters. The lowest BCUT2D eigenvalue weighted by atomic mass is 10.2. The van der Waals surface area contributed by atoms with E-state index < -0.39 is 0 Å². The highest BCUT2D eigenvalue weighted by molar-refractivity contribution is 8.00. The van der Waals surface area contributed by atoms with E-state index >= 15 is 0 Å². The second-order valence-electron chi connectivity index (χ2n) is 7.76. The standard InChI is InChI=1S/C24H25N3OS2/c1-18-17-27(20-9-5-6-10-21(20)29-18)23-12-11-22(30-23)24(28)26-15-13-25(14-16-26)19-7-3-2-4-8-19/h2-12,18H,13-17H2,1H3/t18-/m1/s1. The fraction of sp³-hybridized carbons (Fsp3) is 0.292. The van der Waals surface area contributed by atoms with Crippen molar-refractivity contribution < 1.29 is 4.79 Å². The van der Waals surface area contributed by atoms with E-state index in [-0.39, 0.29) is 5.91 Å². The predicted octanol–water partition coefficient (Wildman–Crippen LogP) is 5.34. The number of rotatable bonds is 3. The number of hydrogen-bond donors (Lipinski definition) is 0. The Morgan fingerprint density at radius 2 is 1.63 bits per heavy atom. The molecule has 3 aromatic rings. The molecule has 154 valence electrons. The van der Waals surface area contributed by atoms with Crippen molar-refractivity contribution in [1.29, 1.82) is 0 Å². The zero-order chi connectivity index (χ0) is 20.5. The smallest absolute Gasteiger partial charge is 0.264 e. The van der Waals surface area contributed by atoms with Crippen LogP contribution in [-0.2, 0) is 0 Å². The summed E-state index contributed by atoms with van der Waals surface area (Å²) in [5.74, 6) is 0.159. The third kappa shape index (κ3) is 3.82. The minimum atomic E-state index is 0.159. The van der Waals surface area contributed by atoms with E-state index in [1.807, 2.05) is 28.8 Å². The third-order valence-corrected chi connectivity index (χ3v) is 7.93. The summed E-state index contributed by atoms with van der Waals surface area (Å²) in [5, 5.41) is 1.67. The summed E-state index contributed by atoms with van der Waals surface area (Å²) in [6.07, 6.45) is 0. The molecule has 0 saturated carbocycles. The molecule has 1 aromatic heterocycles. The Balaban J connectivity index is 1.29. The zero-order valence-electron chi connectivity index (χ0n) is 17.0. The number of para-hydroxylation sites is 2. The van der Waals surface area contributed by atoms with Gasteiger partial charge in [0.05, 0.1) is 15.6 Å². The number of thiophene rings is 1. The Morgan fingerprint density at radius 1 is 0.900 bits per heavy atom. The Kier molecular flexibility index (Phi) is 5.44. The molecule has 0 spiro atoms. The maximum absolute atomic E-state index is 13.1. The molecule has 3 heterocycles. The molecule has 1 saturated heterocycles. The van der Waals surface area contributed by atoms with E-state index in [4.69, 9.17) is 0 Å². The molecule has 0 unspecified atom stereocenters. The molecular weight excluding hydrogens is 410 g/mol. The van der Waals surface area contributed by atoms with E-state index in [2.05, 4.69) is 71.3 Å². The first-order chi connectivity index (χ1) is 14.7. The van der Waals surface area contributed by atoms with Crippen molar-refractivity contribution in [3.05, 3.63) is 71.6 Å². The van der Waals surface area contributed by atoms with Crippen LogP contribution >= 0.6 is 23.1 Å². The maximum Gasteiger partial charge on any atom is 0.264 e. The Hall–Kier alpha value is -2.44. The summed E-state index contributed by atoms with van der Waals surface area (Å²) < 4.78 is 0. The predicted molar refractivity (Wildman–Crippen MR) is 128 cm³/mol. The maximum atomic E-state index is 13.1. The first-order valence-electron chi connectivity index (χ1n) is 10.4. The van der Waals surface area contributed by atoms with Crippen LogP contribution in [0.3, 0.4) is 0 Å². The molecule has 0 radical (unpaired) electrons. The van der Waals surface area contributed by atoms with Crippen LogP contribution in [0.25, 0.3) is 0 Å². The zero-order valence-corrected chi connectivity index (χ0v) is 18.7. The SMILES string of the molecule is C[C@@H]1CN(c2ccc(C(=O)N3CCN(c4ccccc4)CC3)s2)c2ccccc2S1. The number of piperazine rings is 1. The molecule has 0 bridgehead atoms. The van der Waals surface area contributed by atoms with Gasteiger partial charge in [0.25, 0.3) is 5.91 Å². The van der Waals surface area contributed by atoms with Gasteiger partial charge in [-0.25, -0.2) is 0 Å². The van der Waals surface area contributed by atoms with Crippen molar-refractivity contribution in [3.8, 4) is 0 Å². The van der Waals surface area contributed by atoms with E-state index in [1.54, 1.807) is 11.3 Å². The van der Waals surface area contributed by atoms with E-state index in [1.165, 1.54) is 16.3 Å². The molecule has 6 heteroatoms. The monoisotopic (exact) mass is 435 g/mol. The number of nitrogens with zero attached hydrogens (tertiary/aromatic N) is 3. The van der Waals surface area contributed by atoms with Crippen LogP contribution in [-0.4, -0.2) is 48.8 Å². The van der Waals surface area contributed by atoms with Gasteiger partial charge in [0.15, 0.2) is 0 Å². The normalized spacial score (nSPS) is 19.0. The number of anilines is 3. The molecule has 2 aliphatic rings. The van der Waals surface area contributed by atoms with Crippen molar-refractivity contribution in [1.82, 2.24) is 4.90 Å². The van der Waals surface area contributed by atoms with Gasteiger partial charge in [-0.1, -0.05) is 37.3 Å². The van der Waals surface area contributed by atoms with Gasteiger partial charge in [-0.15, -0.1) is 23.1 Å². The minimum Gasteiger partial charge on any atom is -0.368 e. The molecule has 4 nitrogen and oxygen atoms in total. The van der Waals surface area contributed by atoms with Crippen LogP contribution in [0.15, 0.2) is 71.6 Å². The molecule has 2 aliphatic heterocycles. The first-order valence-corrected chi connectivity index (χ1v) is 12.1. The molecular formula is C24H25N3OS2. The highest BCUT2D eigenvalue weighted by atomic mass is 32.2. The van der Waals surface area contributed by atoms with Gasteiger partial charge in [0, 0.05) is 48.6 Å². The molecule has 5 rings (SSSR count). The molecule has 0 N–H and O–H groups in total. The fourth-order valence-corrected chi connectivity index (χ4v) is 6.26. The van der Waals surface area contributed by atoms with Gasteiger partial charge < -0.3 is 14.7 Å². The average molecular weight is 436 g/mol. The lowest BCUT2D eigenvalue weighted by Gasteiger charge is -2.36. The summed E-state index contributed by atoms with van der Waals surface area (Å²) in [7, 11) is 0. The highest BCUT2D eigenvalue weighted by Crippen LogP contribution is 2.43. The molecule has 1 fully saturated rings. The van der Waals surface area contributed by atoms with Crippen molar-refractivity contribution in [3.63, 3.8) is 0 Å². The lowest BCUT2D eigenvalue weighted by Crippen LogP contribution is -2.48. The van der Waals surface area contributed by atoms with Crippen LogP contribution in [0.4, 0.5) is 16.4 Å². The van der Waals surface area contributed by atoms with E-state index in [0.717, 1.165) is 42.6 Å². The van der Waals surface area contributed by atoms with Crippen molar-refractivity contribution >= 4 is 45.4 Å². The molecule has 30 heavy (non-hydrogen) atoms. The van der Waals surface area contributed by atoms with Crippen molar-refractivity contribution in [2.45, 2.75) is 17.1 Å². The summed E-state index contributed by atoms with van der Waals surface area (Å²) in [6, 6.07) is 23.1. The van der Waals surface area contributed by atoms with E-state index in [0.29, 0.717) is 5.25 Å². The van der Waals surface area contributed by atoms with Crippen molar-refractivity contribution in [2.75, 3.05) is 42.5 Å². The highest BCUT2D eigenvalue weighted by Gasteiger charge is 2.27. The van der Waals surface area contributed by atoms with Gasteiger partial charge in [-0.3, -0.25) is 4.79 Å². The number of amides is 1. The Bertz CT molecular complexity index is 1030. The Labute approximate surface area is 186 Å². The van der Waals surface area contributed by atoms with Crippen molar-refractivity contribution in [2.24, 2.45) is 0 Å². The van der Waals surface area contributed by atoms with Crippen LogP contribution in [0.1, 0.15) is 16.6 Å². The van der Waals surface area contributed by atoms with Gasteiger partial charge in [-0.05, 0) is 36.4 Å². The minimum absolute atomic E-state index is 0.159. The second kappa shape index (κ2) is 8.36. The second-order valence-corrected chi connectivity index (χ2v) is 10.3. The molecule has 1 amide bonds. The molecule has 0 aliphatic carbocycles. The molecule has 2 aromatic carbocycles. The van der Waals surface area contributed by atoms with Gasteiger partial charge in [0.1, 0.15) is 0 Å². The quantitative estimate of drug-likeness (QED) is 0.555. The van der Waals surface area contributed by atoms with Crippen LogP contribution in [0.5, 0.6) is 0 Å². The number of hydrogen-bond acceptors (Lipinski definition) is 5.